The van der Waals surface area contributed by atoms with Crippen LogP contribution in [0.3, 0.4) is 0 Å². The van der Waals surface area contributed by atoms with Gasteiger partial charge in [0.2, 0.25) is 0 Å². The quantitative estimate of drug-likeness (QED) is 0.511. The zero-order valence-electron chi connectivity index (χ0n) is 13.3. The van der Waals surface area contributed by atoms with E-state index < -0.39 is 6.10 Å². The molecule has 0 spiro atoms. The average molecular weight is 287 g/mol. The van der Waals surface area contributed by atoms with Crippen molar-refractivity contribution in [2.24, 2.45) is 0 Å². The molecule has 0 heterocycles. The monoisotopic (exact) mass is 287 g/mol. The van der Waals surface area contributed by atoms with Crippen LogP contribution in [0.2, 0.25) is 0 Å². The molecule has 2 N–H and O–H groups in total. The fraction of sp³-hybridized carbons (Fsp3) is 1.00. The molecule has 20 heavy (non-hydrogen) atoms. The van der Waals surface area contributed by atoms with Gasteiger partial charge in [-0.15, -0.1) is 0 Å². The van der Waals surface area contributed by atoms with Crippen molar-refractivity contribution in [3.05, 3.63) is 0 Å². The Kier molecular flexibility index (Phi) is 10.3. The summed E-state index contributed by atoms with van der Waals surface area (Å²) in [5.41, 5.74) is 0. The number of hydrogen-bond donors (Lipinski definition) is 2. The van der Waals surface area contributed by atoms with E-state index in [1.54, 1.807) is 7.11 Å². The summed E-state index contributed by atoms with van der Waals surface area (Å²) in [6.07, 6.45) is 9.78. The zero-order chi connectivity index (χ0) is 14.6. The van der Waals surface area contributed by atoms with Crippen LogP contribution in [0.25, 0.3) is 0 Å². The third kappa shape index (κ3) is 8.20. The molecule has 4 heteroatoms. The Balaban J connectivity index is 1.80. The number of rotatable bonds is 13. The third-order valence-electron chi connectivity index (χ3n) is 4.02. The highest BCUT2D eigenvalue weighted by atomic mass is 16.5. The molecule has 0 aliphatic heterocycles. The second-order valence-electron chi connectivity index (χ2n) is 5.93. The Morgan fingerprint density at radius 3 is 2.55 bits per heavy atom. The summed E-state index contributed by atoms with van der Waals surface area (Å²) in [4.78, 5) is 0. The molecule has 4 nitrogen and oxygen atoms in total. The predicted octanol–water partition coefficient (Wildman–Crippen LogP) is 2.49. The summed E-state index contributed by atoms with van der Waals surface area (Å²) < 4.78 is 10.7. The van der Waals surface area contributed by atoms with Gasteiger partial charge in [0.1, 0.15) is 0 Å². The average Bonchev–Trinajstić information content (AvgIpc) is 2.40. The standard InChI is InChI=1S/C16H33NO3/c1-3-4-5-6-7-8-9-20-13-15(18)12-17-14-10-16(11-14)19-2/h14-18H,3-13H2,1-2H3. The van der Waals surface area contributed by atoms with Crippen LogP contribution in [0.15, 0.2) is 0 Å². The number of aliphatic hydroxyl groups is 1. The van der Waals surface area contributed by atoms with E-state index in [0.717, 1.165) is 25.9 Å². The maximum Gasteiger partial charge on any atom is 0.0897 e. The molecule has 1 rings (SSSR count). The number of nitrogens with one attached hydrogen (secondary N) is 1. The minimum atomic E-state index is -0.392. The van der Waals surface area contributed by atoms with E-state index in [4.69, 9.17) is 9.47 Å². The van der Waals surface area contributed by atoms with Gasteiger partial charge >= 0.3 is 0 Å². The van der Waals surface area contributed by atoms with Crippen molar-refractivity contribution in [1.82, 2.24) is 5.32 Å². The first-order valence-corrected chi connectivity index (χ1v) is 8.28. The molecular formula is C16H33NO3. The van der Waals surface area contributed by atoms with Gasteiger partial charge in [-0.05, 0) is 19.3 Å². The fourth-order valence-electron chi connectivity index (χ4n) is 2.49. The number of hydrogen-bond acceptors (Lipinski definition) is 4. The maximum atomic E-state index is 9.79. The molecule has 0 saturated heterocycles. The second kappa shape index (κ2) is 11.5. The summed E-state index contributed by atoms with van der Waals surface area (Å²) in [5.74, 6) is 0. The van der Waals surface area contributed by atoms with Crippen LogP contribution in [-0.4, -0.2) is 50.2 Å². The largest absolute Gasteiger partial charge is 0.389 e. The van der Waals surface area contributed by atoms with E-state index in [2.05, 4.69) is 12.2 Å². The Bertz CT molecular complexity index is 220. The van der Waals surface area contributed by atoms with Crippen molar-refractivity contribution in [3.8, 4) is 0 Å². The van der Waals surface area contributed by atoms with Gasteiger partial charge in [0.25, 0.3) is 0 Å². The Morgan fingerprint density at radius 2 is 1.85 bits per heavy atom. The number of ether oxygens (including phenoxy) is 2. The highest BCUT2D eigenvalue weighted by Crippen LogP contribution is 2.22. The van der Waals surface area contributed by atoms with Gasteiger partial charge in [-0.1, -0.05) is 39.0 Å². The molecular weight excluding hydrogens is 254 g/mol. The lowest BCUT2D eigenvalue weighted by Gasteiger charge is -2.35. The van der Waals surface area contributed by atoms with Crippen LogP contribution >= 0.6 is 0 Å². The molecule has 1 unspecified atom stereocenters. The van der Waals surface area contributed by atoms with Crippen LogP contribution in [0.5, 0.6) is 0 Å². The minimum Gasteiger partial charge on any atom is -0.389 e. The number of unbranched alkanes of at least 4 members (excludes halogenated alkanes) is 5. The molecule has 0 aromatic heterocycles. The molecule has 120 valence electrons. The highest BCUT2D eigenvalue weighted by molar-refractivity contribution is 4.86. The SMILES string of the molecule is CCCCCCCCOCC(O)CNC1CC(OC)C1. The van der Waals surface area contributed by atoms with Gasteiger partial charge in [-0.25, -0.2) is 0 Å². The number of methoxy groups -OCH3 is 1. The molecule has 1 saturated carbocycles. The summed E-state index contributed by atoms with van der Waals surface area (Å²) in [6, 6.07) is 0.508. The van der Waals surface area contributed by atoms with Crippen LogP contribution in [0.1, 0.15) is 58.3 Å². The Morgan fingerprint density at radius 1 is 1.15 bits per heavy atom. The second-order valence-corrected chi connectivity index (χ2v) is 5.93. The Labute approximate surface area is 124 Å². The van der Waals surface area contributed by atoms with Crippen LogP contribution in [-0.2, 0) is 9.47 Å². The summed E-state index contributed by atoms with van der Waals surface area (Å²) in [5, 5.41) is 13.1. The van der Waals surface area contributed by atoms with Crippen molar-refractivity contribution < 1.29 is 14.6 Å². The maximum absolute atomic E-state index is 9.79. The van der Waals surface area contributed by atoms with Crippen LogP contribution < -0.4 is 5.32 Å². The van der Waals surface area contributed by atoms with Gasteiger partial charge < -0.3 is 19.9 Å². The van der Waals surface area contributed by atoms with E-state index in [9.17, 15) is 5.11 Å². The molecule has 1 atom stereocenters. The van der Waals surface area contributed by atoms with E-state index in [-0.39, 0.29) is 0 Å². The van der Waals surface area contributed by atoms with Crippen LogP contribution in [0.4, 0.5) is 0 Å². The van der Waals surface area contributed by atoms with Gasteiger partial charge in [0.15, 0.2) is 0 Å². The van der Waals surface area contributed by atoms with E-state index >= 15 is 0 Å². The van der Waals surface area contributed by atoms with E-state index in [1.807, 2.05) is 0 Å². The lowest BCUT2D eigenvalue weighted by Crippen LogP contribution is -2.47. The van der Waals surface area contributed by atoms with Crippen molar-refractivity contribution in [3.63, 3.8) is 0 Å². The molecule has 1 fully saturated rings. The first-order valence-electron chi connectivity index (χ1n) is 8.28. The fourth-order valence-corrected chi connectivity index (χ4v) is 2.49. The van der Waals surface area contributed by atoms with Crippen molar-refractivity contribution in [2.45, 2.75) is 76.5 Å². The van der Waals surface area contributed by atoms with Gasteiger partial charge in [0.05, 0.1) is 18.8 Å². The van der Waals surface area contributed by atoms with Gasteiger partial charge in [-0.3, -0.25) is 0 Å². The molecule has 0 bridgehead atoms. The molecule has 0 amide bonds. The summed E-state index contributed by atoms with van der Waals surface area (Å²) in [7, 11) is 1.76. The first-order chi connectivity index (χ1) is 9.76. The lowest BCUT2D eigenvalue weighted by molar-refractivity contribution is 0.00405. The van der Waals surface area contributed by atoms with E-state index in [0.29, 0.717) is 25.3 Å². The smallest absolute Gasteiger partial charge is 0.0897 e. The van der Waals surface area contributed by atoms with Crippen LogP contribution in [0, 0.1) is 0 Å². The van der Waals surface area contributed by atoms with Crippen molar-refractivity contribution in [1.29, 1.82) is 0 Å². The van der Waals surface area contributed by atoms with Gasteiger partial charge in [0, 0.05) is 26.3 Å². The molecule has 0 radical (unpaired) electrons. The zero-order valence-corrected chi connectivity index (χ0v) is 13.3. The first kappa shape index (κ1) is 17.9. The molecule has 0 aromatic carbocycles. The highest BCUT2D eigenvalue weighted by Gasteiger charge is 2.28. The van der Waals surface area contributed by atoms with Gasteiger partial charge in [-0.2, -0.15) is 0 Å². The summed E-state index contributed by atoms with van der Waals surface area (Å²) >= 11 is 0. The van der Waals surface area contributed by atoms with E-state index in [1.165, 1.54) is 32.1 Å². The molecule has 1 aliphatic carbocycles. The molecule has 1 aliphatic rings. The Hall–Kier alpha value is -0.160. The number of aliphatic hydroxyl groups excluding tert-OH is 1. The lowest BCUT2D eigenvalue weighted by atomic mass is 9.89. The predicted molar refractivity (Wildman–Crippen MR) is 82.0 cm³/mol. The minimum absolute atomic E-state index is 0.392. The molecule has 0 aromatic rings. The van der Waals surface area contributed by atoms with Crippen molar-refractivity contribution >= 4 is 0 Å². The normalized spacial score (nSPS) is 23.6. The third-order valence-corrected chi connectivity index (χ3v) is 4.02. The topological polar surface area (TPSA) is 50.7 Å². The summed E-state index contributed by atoms with van der Waals surface area (Å²) in [6.45, 7) is 4.08. The van der Waals surface area contributed by atoms with Crippen molar-refractivity contribution in [2.75, 3.05) is 26.9 Å².